The Kier molecular flexibility index (Phi) is 4.83. The standard InChI is InChI=1S/C16H29NO/c1-3-16(4-2,13-18)12-17-11-7-10-15(17)14-8-5-6-9-14/h13-15H,3-12H2,1-2H3. The minimum atomic E-state index is -0.0821. The molecule has 1 heterocycles. The SMILES string of the molecule is CCC(C=O)(CC)CN1CCCC1C1CCCC1. The summed E-state index contributed by atoms with van der Waals surface area (Å²) in [6.45, 7) is 6.55. The van der Waals surface area contributed by atoms with Crippen LogP contribution in [0.5, 0.6) is 0 Å². The zero-order valence-corrected chi connectivity index (χ0v) is 12.2. The maximum absolute atomic E-state index is 11.5. The summed E-state index contributed by atoms with van der Waals surface area (Å²) in [6, 6.07) is 0.782. The molecule has 18 heavy (non-hydrogen) atoms. The van der Waals surface area contributed by atoms with E-state index >= 15 is 0 Å². The van der Waals surface area contributed by atoms with Gasteiger partial charge in [0.05, 0.1) is 0 Å². The minimum absolute atomic E-state index is 0.0821. The third-order valence-corrected chi connectivity index (χ3v) is 5.53. The van der Waals surface area contributed by atoms with Gasteiger partial charge in [0.1, 0.15) is 6.29 Å². The smallest absolute Gasteiger partial charge is 0.127 e. The second kappa shape index (κ2) is 6.18. The molecule has 1 aliphatic heterocycles. The van der Waals surface area contributed by atoms with Crippen LogP contribution < -0.4 is 0 Å². The van der Waals surface area contributed by atoms with E-state index in [0.717, 1.165) is 31.3 Å². The van der Waals surface area contributed by atoms with Crippen LogP contribution in [-0.2, 0) is 4.79 Å². The molecule has 1 aliphatic carbocycles. The molecule has 0 bridgehead atoms. The van der Waals surface area contributed by atoms with E-state index in [1.54, 1.807) is 0 Å². The molecular weight excluding hydrogens is 222 g/mol. The fourth-order valence-corrected chi connectivity index (χ4v) is 4.01. The summed E-state index contributed by atoms with van der Waals surface area (Å²) in [7, 11) is 0. The normalized spacial score (nSPS) is 26.9. The highest BCUT2D eigenvalue weighted by Gasteiger charge is 2.37. The lowest BCUT2D eigenvalue weighted by Gasteiger charge is -2.36. The van der Waals surface area contributed by atoms with Gasteiger partial charge < -0.3 is 4.79 Å². The van der Waals surface area contributed by atoms with Crippen LogP contribution in [0.3, 0.4) is 0 Å². The summed E-state index contributed by atoms with van der Waals surface area (Å²) in [5, 5.41) is 0. The number of likely N-dealkylation sites (tertiary alicyclic amines) is 1. The van der Waals surface area contributed by atoms with E-state index in [0.29, 0.717) is 0 Å². The highest BCUT2D eigenvalue weighted by atomic mass is 16.1. The van der Waals surface area contributed by atoms with Gasteiger partial charge in [0.15, 0.2) is 0 Å². The highest BCUT2D eigenvalue weighted by Crippen LogP contribution is 2.37. The van der Waals surface area contributed by atoms with E-state index in [4.69, 9.17) is 0 Å². The van der Waals surface area contributed by atoms with Crippen LogP contribution in [0.1, 0.15) is 65.2 Å². The number of nitrogens with zero attached hydrogens (tertiary/aromatic N) is 1. The van der Waals surface area contributed by atoms with Crippen molar-refractivity contribution in [1.29, 1.82) is 0 Å². The Morgan fingerprint density at radius 3 is 2.33 bits per heavy atom. The Morgan fingerprint density at radius 1 is 1.11 bits per heavy atom. The zero-order valence-electron chi connectivity index (χ0n) is 12.2. The van der Waals surface area contributed by atoms with Crippen LogP contribution in [0.25, 0.3) is 0 Å². The molecule has 1 atom stereocenters. The molecule has 0 N–H and O–H groups in total. The van der Waals surface area contributed by atoms with Crippen LogP contribution in [0.15, 0.2) is 0 Å². The van der Waals surface area contributed by atoms with E-state index in [9.17, 15) is 4.79 Å². The number of hydrogen-bond donors (Lipinski definition) is 0. The molecule has 0 spiro atoms. The van der Waals surface area contributed by atoms with Crippen molar-refractivity contribution in [2.75, 3.05) is 13.1 Å². The first-order valence-electron chi connectivity index (χ1n) is 7.95. The maximum atomic E-state index is 11.5. The lowest BCUT2D eigenvalue weighted by Crippen LogP contribution is -2.43. The van der Waals surface area contributed by atoms with E-state index in [1.807, 2.05) is 0 Å². The fraction of sp³-hybridized carbons (Fsp3) is 0.938. The summed E-state index contributed by atoms with van der Waals surface area (Å²) in [4.78, 5) is 14.1. The summed E-state index contributed by atoms with van der Waals surface area (Å²) in [6.07, 6.45) is 11.6. The van der Waals surface area contributed by atoms with Crippen molar-refractivity contribution in [3.8, 4) is 0 Å². The molecule has 1 saturated heterocycles. The van der Waals surface area contributed by atoms with Gasteiger partial charge in [-0.2, -0.15) is 0 Å². The number of carbonyl (C=O) groups is 1. The Morgan fingerprint density at radius 2 is 1.78 bits per heavy atom. The molecule has 2 rings (SSSR count). The van der Waals surface area contributed by atoms with E-state index in [2.05, 4.69) is 18.7 Å². The van der Waals surface area contributed by atoms with Crippen LogP contribution >= 0.6 is 0 Å². The molecular formula is C16H29NO. The van der Waals surface area contributed by atoms with Crippen LogP contribution in [0.4, 0.5) is 0 Å². The quantitative estimate of drug-likeness (QED) is 0.672. The lowest BCUT2D eigenvalue weighted by atomic mass is 9.82. The first kappa shape index (κ1) is 14.0. The van der Waals surface area contributed by atoms with Gasteiger partial charge in [-0.1, -0.05) is 26.7 Å². The third-order valence-electron chi connectivity index (χ3n) is 5.53. The van der Waals surface area contributed by atoms with Crippen LogP contribution in [-0.4, -0.2) is 30.3 Å². The van der Waals surface area contributed by atoms with Crippen molar-refractivity contribution in [2.45, 2.75) is 71.3 Å². The van der Waals surface area contributed by atoms with Crippen molar-refractivity contribution in [3.05, 3.63) is 0 Å². The average molecular weight is 251 g/mol. The predicted molar refractivity (Wildman–Crippen MR) is 75.6 cm³/mol. The fourth-order valence-electron chi connectivity index (χ4n) is 4.01. The summed E-state index contributed by atoms with van der Waals surface area (Å²) in [5.74, 6) is 0.922. The lowest BCUT2D eigenvalue weighted by molar-refractivity contribution is -0.118. The molecule has 2 nitrogen and oxygen atoms in total. The Balaban J connectivity index is 2.00. The average Bonchev–Trinajstić information content (AvgIpc) is 3.06. The van der Waals surface area contributed by atoms with Gasteiger partial charge in [-0.15, -0.1) is 0 Å². The third kappa shape index (κ3) is 2.79. The molecule has 0 aromatic carbocycles. The van der Waals surface area contributed by atoms with Gasteiger partial charge in [0.25, 0.3) is 0 Å². The second-order valence-corrected chi connectivity index (χ2v) is 6.41. The van der Waals surface area contributed by atoms with Crippen molar-refractivity contribution in [2.24, 2.45) is 11.3 Å². The van der Waals surface area contributed by atoms with Gasteiger partial charge in [-0.3, -0.25) is 4.90 Å². The van der Waals surface area contributed by atoms with Crippen LogP contribution in [0.2, 0.25) is 0 Å². The van der Waals surface area contributed by atoms with Gasteiger partial charge >= 0.3 is 0 Å². The number of aldehydes is 1. The molecule has 2 aliphatic rings. The number of rotatable bonds is 6. The van der Waals surface area contributed by atoms with Crippen molar-refractivity contribution in [3.63, 3.8) is 0 Å². The summed E-state index contributed by atoms with van der Waals surface area (Å²) < 4.78 is 0. The molecule has 0 amide bonds. The highest BCUT2D eigenvalue weighted by molar-refractivity contribution is 5.59. The van der Waals surface area contributed by atoms with Gasteiger partial charge in [-0.25, -0.2) is 0 Å². The van der Waals surface area contributed by atoms with Gasteiger partial charge in [0, 0.05) is 18.0 Å². The second-order valence-electron chi connectivity index (χ2n) is 6.41. The van der Waals surface area contributed by atoms with Crippen molar-refractivity contribution < 1.29 is 4.79 Å². The Labute approximate surface area is 112 Å². The summed E-state index contributed by atoms with van der Waals surface area (Å²) in [5.41, 5.74) is -0.0821. The van der Waals surface area contributed by atoms with E-state index < -0.39 is 0 Å². The minimum Gasteiger partial charge on any atom is -0.303 e. The molecule has 0 radical (unpaired) electrons. The monoisotopic (exact) mass is 251 g/mol. The largest absolute Gasteiger partial charge is 0.303 e. The molecule has 0 aromatic heterocycles. The van der Waals surface area contributed by atoms with E-state index in [1.165, 1.54) is 51.4 Å². The van der Waals surface area contributed by atoms with Crippen molar-refractivity contribution >= 4 is 6.29 Å². The number of hydrogen-bond acceptors (Lipinski definition) is 2. The maximum Gasteiger partial charge on any atom is 0.127 e. The van der Waals surface area contributed by atoms with E-state index in [-0.39, 0.29) is 5.41 Å². The summed E-state index contributed by atoms with van der Waals surface area (Å²) >= 11 is 0. The molecule has 1 saturated carbocycles. The van der Waals surface area contributed by atoms with Crippen molar-refractivity contribution in [1.82, 2.24) is 4.90 Å². The molecule has 104 valence electrons. The first-order valence-corrected chi connectivity index (χ1v) is 7.95. The molecule has 2 heteroatoms. The Hall–Kier alpha value is -0.370. The Bertz CT molecular complexity index is 266. The zero-order chi connectivity index (χ0) is 13.0. The van der Waals surface area contributed by atoms with Gasteiger partial charge in [0.2, 0.25) is 0 Å². The molecule has 0 aromatic rings. The van der Waals surface area contributed by atoms with Crippen LogP contribution in [0, 0.1) is 11.3 Å². The number of carbonyl (C=O) groups excluding carboxylic acids is 1. The molecule has 1 unspecified atom stereocenters. The topological polar surface area (TPSA) is 20.3 Å². The van der Waals surface area contributed by atoms with Gasteiger partial charge in [-0.05, 0) is 51.0 Å². The predicted octanol–water partition coefficient (Wildman–Crippen LogP) is 3.65. The molecule has 2 fully saturated rings. The first-order chi connectivity index (χ1) is 8.74.